The molecule has 0 spiro atoms. The summed E-state index contributed by atoms with van der Waals surface area (Å²) in [5, 5.41) is 5.89. The van der Waals surface area contributed by atoms with Crippen molar-refractivity contribution in [3.63, 3.8) is 0 Å². The fourth-order valence-corrected chi connectivity index (χ4v) is 5.41. The number of hydrogen-bond acceptors (Lipinski definition) is 8. The Morgan fingerprint density at radius 3 is 2.44 bits per heavy atom. The highest BCUT2D eigenvalue weighted by Crippen LogP contribution is 2.30. The second kappa shape index (κ2) is 11.2. The van der Waals surface area contributed by atoms with Crippen LogP contribution in [0, 0.1) is 0 Å². The number of anilines is 2. The van der Waals surface area contributed by atoms with Crippen LogP contribution in [0.15, 0.2) is 54.0 Å². The van der Waals surface area contributed by atoms with E-state index in [-0.39, 0.29) is 18.2 Å². The summed E-state index contributed by atoms with van der Waals surface area (Å²) in [6, 6.07) is 14.5. The first-order valence-electron chi connectivity index (χ1n) is 13.1. The van der Waals surface area contributed by atoms with Crippen LogP contribution >= 0.6 is 11.3 Å². The second-order valence-corrected chi connectivity index (χ2v) is 11.7. The number of benzene rings is 2. The SMILES string of the molecule is COC(CN1Cc2ccc(-c3ccc(N4CCN(C(=O)OC(C)(C)C)CC4)cc3)cc2C1=O)Nc1nccs1. The summed E-state index contributed by atoms with van der Waals surface area (Å²) in [4.78, 5) is 35.7. The van der Waals surface area contributed by atoms with Gasteiger partial charge in [-0.15, -0.1) is 11.3 Å². The Morgan fingerprint density at radius 2 is 1.79 bits per heavy atom. The third kappa shape index (κ3) is 6.34. The molecule has 9 nitrogen and oxygen atoms in total. The highest BCUT2D eigenvalue weighted by Gasteiger charge is 2.30. The number of carbonyl (C=O) groups excluding carboxylic acids is 2. The van der Waals surface area contributed by atoms with Crippen molar-refractivity contribution < 1.29 is 19.1 Å². The van der Waals surface area contributed by atoms with E-state index in [2.05, 4.69) is 45.5 Å². The van der Waals surface area contributed by atoms with Crippen LogP contribution in [0.2, 0.25) is 0 Å². The van der Waals surface area contributed by atoms with Gasteiger partial charge in [-0.3, -0.25) is 4.79 Å². The minimum Gasteiger partial charge on any atom is -0.444 e. The maximum atomic E-state index is 13.2. The number of thiazole rings is 1. The predicted molar refractivity (Wildman–Crippen MR) is 153 cm³/mol. The van der Waals surface area contributed by atoms with E-state index in [1.54, 1.807) is 18.2 Å². The van der Waals surface area contributed by atoms with E-state index in [9.17, 15) is 9.59 Å². The standard InChI is InChI=1S/C29H35N5O4S/c1-29(2,3)38-28(36)33-14-12-32(13-15-33)23-9-7-20(8-10-23)21-5-6-22-18-34(26(35)24(22)17-21)19-25(37-4)31-27-30-11-16-39-27/h5-11,16-17,25H,12-15,18-19H2,1-4H3,(H,30,31). The van der Waals surface area contributed by atoms with Crippen molar-refractivity contribution in [1.82, 2.24) is 14.8 Å². The maximum Gasteiger partial charge on any atom is 0.410 e. The fourth-order valence-electron chi connectivity index (χ4n) is 4.84. The summed E-state index contributed by atoms with van der Waals surface area (Å²) in [6.45, 7) is 9.40. The number of amides is 2. The van der Waals surface area contributed by atoms with Crippen molar-refractivity contribution in [2.24, 2.45) is 0 Å². The lowest BCUT2D eigenvalue weighted by Gasteiger charge is -2.36. The molecule has 10 heteroatoms. The summed E-state index contributed by atoms with van der Waals surface area (Å²) >= 11 is 1.50. The highest BCUT2D eigenvalue weighted by atomic mass is 32.1. The minimum atomic E-state index is -0.490. The Hall–Kier alpha value is -3.63. The van der Waals surface area contributed by atoms with E-state index in [4.69, 9.17) is 9.47 Å². The largest absolute Gasteiger partial charge is 0.444 e. The Bertz CT molecular complexity index is 1300. The highest BCUT2D eigenvalue weighted by molar-refractivity contribution is 7.13. The number of piperazine rings is 1. The molecule has 2 aliphatic heterocycles. The molecular formula is C29H35N5O4S. The van der Waals surface area contributed by atoms with Gasteiger partial charge in [-0.2, -0.15) is 0 Å². The van der Waals surface area contributed by atoms with Gasteiger partial charge in [-0.25, -0.2) is 9.78 Å². The summed E-state index contributed by atoms with van der Waals surface area (Å²) < 4.78 is 11.1. The zero-order valence-corrected chi connectivity index (χ0v) is 23.7. The van der Waals surface area contributed by atoms with E-state index < -0.39 is 5.60 Å². The molecule has 0 bridgehead atoms. The molecule has 1 unspecified atom stereocenters. The molecule has 1 atom stereocenters. The number of hydrogen-bond donors (Lipinski definition) is 1. The molecule has 2 aliphatic rings. The third-order valence-corrected chi connectivity index (χ3v) is 7.58. The van der Waals surface area contributed by atoms with Crippen molar-refractivity contribution in [3.8, 4) is 11.1 Å². The molecule has 2 amide bonds. The van der Waals surface area contributed by atoms with Gasteiger partial charge in [0.15, 0.2) is 5.13 Å². The van der Waals surface area contributed by atoms with Crippen LogP contribution < -0.4 is 10.2 Å². The minimum absolute atomic E-state index is 0.00863. The lowest BCUT2D eigenvalue weighted by molar-refractivity contribution is 0.0240. The molecule has 0 aliphatic carbocycles. The van der Waals surface area contributed by atoms with E-state index in [1.165, 1.54) is 11.3 Å². The zero-order chi connectivity index (χ0) is 27.6. The van der Waals surface area contributed by atoms with Crippen LogP contribution in [0.3, 0.4) is 0 Å². The summed E-state index contributed by atoms with van der Waals surface area (Å²) in [6.07, 6.45) is 1.14. The lowest BCUT2D eigenvalue weighted by atomic mass is 10.00. The van der Waals surface area contributed by atoms with Gasteiger partial charge in [0, 0.05) is 62.7 Å². The molecule has 0 saturated carbocycles. The van der Waals surface area contributed by atoms with Crippen LogP contribution in [-0.4, -0.2) is 78.4 Å². The van der Waals surface area contributed by atoms with Crippen LogP contribution in [-0.2, 0) is 16.0 Å². The van der Waals surface area contributed by atoms with Crippen molar-refractivity contribution in [3.05, 3.63) is 65.2 Å². The first-order valence-corrected chi connectivity index (χ1v) is 14.0. The topological polar surface area (TPSA) is 87.2 Å². The number of ether oxygens (including phenoxy) is 2. The van der Waals surface area contributed by atoms with Crippen LogP contribution in [0.25, 0.3) is 11.1 Å². The molecule has 0 radical (unpaired) electrons. The Morgan fingerprint density at radius 1 is 1.08 bits per heavy atom. The van der Waals surface area contributed by atoms with Gasteiger partial charge < -0.3 is 29.5 Å². The summed E-state index contributed by atoms with van der Waals surface area (Å²) in [5.41, 5.74) is 4.45. The van der Waals surface area contributed by atoms with Gasteiger partial charge in [-0.05, 0) is 55.7 Å². The zero-order valence-electron chi connectivity index (χ0n) is 22.8. The lowest BCUT2D eigenvalue weighted by Crippen LogP contribution is -2.50. The van der Waals surface area contributed by atoms with Crippen molar-refractivity contribution in [2.75, 3.05) is 50.1 Å². The predicted octanol–water partition coefficient (Wildman–Crippen LogP) is 4.91. The van der Waals surface area contributed by atoms with Crippen molar-refractivity contribution in [1.29, 1.82) is 0 Å². The van der Waals surface area contributed by atoms with E-state index in [0.717, 1.165) is 46.2 Å². The van der Waals surface area contributed by atoms with Crippen molar-refractivity contribution >= 4 is 34.2 Å². The van der Waals surface area contributed by atoms with Gasteiger partial charge >= 0.3 is 6.09 Å². The van der Waals surface area contributed by atoms with Gasteiger partial charge in [0.1, 0.15) is 11.8 Å². The number of methoxy groups -OCH3 is 1. The van der Waals surface area contributed by atoms with E-state index in [0.29, 0.717) is 26.2 Å². The number of rotatable bonds is 7. The Balaban J connectivity index is 1.20. The molecule has 2 aromatic carbocycles. The summed E-state index contributed by atoms with van der Waals surface area (Å²) in [7, 11) is 1.63. The van der Waals surface area contributed by atoms with E-state index >= 15 is 0 Å². The quantitative estimate of drug-likeness (QED) is 0.419. The van der Waals surface area contributed by atoms with Gasteiger partial charge in [0.05, 0.1) is 6.54 Å². The van der Waals surface area contributed by atoms with Gasteiger partial charge in [0.2, 0.25) is 0 Å². The molecule has 1 saturated heterocycles. The first kappa shape index (κ1) is 27.0. The van der Waals surface area contributed by atoms with Crippen LogP contribution in [0.1, 0.15) is 36.7 Å². The maximum absolute atomic E-state index is 13.2. The molecule has 1 fully saturated rings. The van der Waals surface area contributed by atoms with Crippen LogP contribution in [0.5, 0.6) is 0 Å². The molecule has 206 valence electrons. The third-order valence-electron chi connectivity index (χ3n) is 6.87. The van der Waals surface area contributed by atoms with Gasteiger partial charge in [-0.1, -0.05) is 24.3 Å². The number of aromatic nitrogens is 1. The smallest absolute Gasteiger partial charge is 0.410 e. The first-order chi connectivity index (χ1) is 18.7. The number of nitrogens with zero attached hydrogens (tertiary/aromatic N) is 4. The van der Waals surface area contributed by atoms with Crippen molar-refractivity contribution in [2.45, 2.75) is 39.1 Å². The molecule has 39 heavy (non-hydrogen) atoms. The Labute approximate surface area is 233 Å². The summed E-state index contributed by atoms with van der Waals surface area (Å²) in [5.74, 6) is 0.00863. The van der Waals surface area contributed by atoms with Gasteiger partial charge in [0.25, 0.3) is 5.91 Å². The normalized spacial score (nSPS) is 16.3. The average molecular weight is 550 g/mol. The molecule has 1 aromatic heterocycles. The number of fused-ring (bicyclic) bond motifs is 1. The average Bonchev–Trinajstić information content (AvgIpc) is 3.55. The van der Waals surface area contributed by atoms with Crippen LogP contribution in [0.4, 0.5) is 15.6 Å². The number of nitrogens with one attached hydrogen (secondary N) is 1. The Kier molecular flexibility index (Phi) is 7.76. The second-order valence-electron chi connectivity index (χ2n) is 10.8. The fraction of sp³-hybridized carbons (Fsp3) is 0.414. The molecule has 1 N–H and O–H groups in total. The molecule has 3 heterocycles. The number of carbonyl (C=O) groups is 2. The molecule has 3 aromatic rings. The molecular weight excluding hydrogens is 514 g/mol. The molecule has 5 rings (SSSR count). The van der Waals surface area contributed by atoms with E-state index in [1.807, 2.05) is 43.2 Å². The monoisotopic (exact) mass is 549 g/mol.